The van der Waals surface area contributed by atoms with E-state index in [9.17, 15) is 18.0 Å². The number of hydrogen-bond acceptors (Lipinski definition) is 4. The number of amides is 3. The molecule has 3 rings (SSSR count). The molecule has 2 N–H and O–H groups in total. The van der Waals surface area contributed by atoms with Crippen LogP contribution in [0.15, 0.2) is 0 Å². The van der Waals surface area contributed by atoms with E-state index in [1.54, 1.807) is 4.90 Å². The van der Waals surface area contributed by atoms with Crippen LogP contribution in [0.2, 0.25) is 0 Å². The van der Waals surface area contributed by atoms with Gasteiger partial charge in [0, 0.05) is 31.4 Å². The molecule has 1 atom stereocenters. The summed E-state index contributed by atoms with van der Waals surface area (Å²) in [5.74, 6) is -0.295. The van der Waals surface area contributed by atoms with E-state index in [0.717, 1.165) is 19.1 Å². The van der Waals surface area contributed by atoms with Crippen molar-refractivity contribution in [3.8, 4) is 0 Å². The molecular formula is C13H21N3O4S. The van der Waals surface area contributed by atoms with E-state index in [0.29, 0.717) is 38.4 Å². The Morgan fingerprint density at radius 2 is 1.71 bits per heavy atom. The number of hydrogen-bond donors (Lipinski definition) is 2. The predicted molar refractivity (Wildman–Crippen MR) is 76.5 cm³/mol. The van der Waals surface area contributed by atoms with Gasteiger partial charge in [0.2, 0.25) is 5.91 Å². The summed E-state index contributed by atoms with van der Waals surface area (Å²) < 4.78 is 22.4. The molecule has 1 aliphatic heterocycles. The zero-order chi connectivity index (χ0) is 15.3. The number of rotatable bonds is 4. The van der Waals surface area contributed by atoms with E-state index in [1.807, 2.05) is 0 Å². The Kier molecular flexibility index (Phi) is 3.38. The van der Waals surface area contributed by atoms with Gasteiger partial charge in [-0.3, -0.25) is 4.79 Å². The second-order valence-electron chi connectivity index (χ2n) is 6.40. The second-order valence-corrected chi connectivity index (χ2v) is 8.72. The SMILES string of the molecule is CS(=O)(=O)C1(C(=O)N2CCC(NC(=O)NC3CC3)C2)CC1. The van der Waals surface area contributed by atoms with Crippen molar-refractivity contribution in [2.45, 2.75) is 48.9 Å². The summed E-state index contributed by atoms with van der Waals surface area (Å²) in [6.45, 7) is 0.901. The smallest absolute Gasteiger partial charge is 0.315 e. The highest BCUT2D eigenvalue weighted by Crippen LogP contribution is 2.45. The van der Waals surface area contributed by atoms with Gasteiger partial charge in [-0.25, -0.2) is 13.2 Å². The molecule has 1 unspecified atom stereocenters. The Bertz CT molecular complexity index is 566. The summed E-state index contributed by atoms with van der Waals surface area (Å²) in [5.41, 5.74) is 0. The molecule has 0 aromatic heterocycles. The monoisotopic (exact) mass is 315 g/mol. The minimum absolute atomic E-state index is 0.0944. The fourth-order valence-electron chi connectivity index (χ4n) is 2.85. The fraction of sp³-hybridized carbons (Fsp3) is 0.846. The predicted octanol–water partition coefficient (Wildman–Crippen LogP) is -0.374. The standard InChI is InChI=1S/C13H21N3O4S/c1-21(19,20)13(5-6-13)11(17)16-7-4-10(8-16)15-12(18)14-9-2-3-9/h9-10H,2-8H2,1H3,(H2,14,15,18). The molecule has 0 aromatic carbocycles. The van der Waals surface area contributed by atoms with Gasteiger partial charge in [0.25, 0.3) is 0 Å². The minimum atomic E-state index is -3.37. The van der Waals surface area contributed by atoms with E-state index >= 15 is 0 Å². The molecule has 1 saturated heterocycles. The van der Waals surface area contributed by atoms with Gasteiger partial charge in [-0.05, 0) is 32.1 Å². The van der Waals surface area contributed by atoms with Crippen LogP contribution in [-0.2, 0) is 14.6 Å². The van der Waals surface area contributed by atoms with Crippen LogP contribution in [0.4, 0.5) is 4.79 Å². The van der Waals surface area contributed by atoms with Crippen LogP contribution in [0.1, 0.15) is 32.1 Å². The molecule has 2 aliphatic carbocycles. The Labute approximate surface area is 124 Å². The van der Waals surface area contributed by atoms with Crippen molar-refractivity contribution >= 4 is 21.8 Å². The van der Waals surface area contributed by atoms with Crippen LogP contribution >= 0.6 is 0 Å². The Morgan fingerprint density at radius 1 is 1.10 bits per heavy atom. The van der Waals surface area contributed by atoms with Gasteiger partial charge in [0.15, 0.2) is 14.6 Å². The third-order valence-electron chi connectivity index (χ3n) is 4.53. The molecule has 2 saturated carbocycles. The van der Waals surface area contributed by atoms with Gasteiger partial charge in [0.1, 0.15) is 0 Å². The maximum absolute atomic E-state index is 12.4. The highest BCUT2D eigenvalue weighted by molar-refractivity contribution is 7.93. The van der Waals surface area contributed by atoms with Crippen LogP contribution in [0, 0.1) is 0 Å². The average molecular weight is 315 g/mol. The van der Waals surface area contributed by atoms with Gasteiger partial charge in [-0.1, -0.05) is 0 Å². The third-order valence-corrected chi connectivity index (χ3v) is 6.53. The van der Waals surface area contributed by atoms with Crippen molar-refractivity contribution in [1.29, 1.82) is 0 Å². The highest BCUT2D eigenvalue weighted by atomic mass is 32.2. The largest absolute Gasteiger partial charge is 0.339 e. The number of nitrogens with zero attached hydrogens (tertiary/aromatic N) is 1. The Balaban J connectivity index is 1.54. The minimum Gasteiger partial charge on any atom is -0.339 e. The summed E-state index contributed by atoms with van der Waals surface area (Å²) in [5, 5.41) is 5.69. The van der Waals surface area contributed by atoms with Crippen molar-refractivity contribution in [3.05, 3.63) is 0 Å². The number of carbonyl (C=O) groups excluding carboxylic acids is 2. The van der Waals surface area contributed by atoms with E-state index in [-0.39, 0.29) is 18.0 Å². The van der Waals surface area contributed by atoms with Crippen molar-refractivity contribution in [3.63, 3.8) is 0 Å². The summed E-state index contributed by atoms with van der Waals surface area (Å²) in [7, 11) is -3.37. The zero-order valence-corrected chi connectivity index (χ0v) is 12.9. The van der Waals surface area contributed by atoms with E-state index in [4.69, 9.17) is 0 Å². The van der Waals surface area contributed by atoms with E-state index < -0.39 is 14.6 Å². The number of likely N-dealkylation sites (tertiary alicyclic amines) is 1. The quantitative estimate of drug-likeness (QED) is 0.739. The fourth-order valence-corrected chi connectivity index (χ4v) is 4.14. The first-order valence-corrected chi connectivity index (χ1v) is 9.27. The molecule has 3 amide bonds. The van der Waals surface area contributed by atoms with Gasteiger partial charge in [-0.2, -0.15) is 0 Å². The van der Waals surface area contributed by atoms with E-state index in [1.165, 1.54) is 0 Å². The lowest BCUT2D eigenvalue weighted by molar-refractivity contribution is -0.130. The summed E-state index contributed by atoms with van der Waals surface area (Å²) in [6, 6.07) is 0.00760. The molecule has 118 valence electrons. The van der Waals surface area contributed by atoms with Crippen LogP contribution in [-0.4, -0.2) is 61.4 Å². The van der Waals surface area contributed by atoms with Crippen LogP contribution in [0.3, 0.4) is 0 Å². The molecular weight excluding hydrogens is 294 g/mol. The van der Waals surface area contributed by atoms with Crippen molar-refractivity contribution < 1.29 is 18.0 Å². The summed E-state index contributed by atoms with van der Waals surface area (Å²) in [4.78, 5) is 25.7. The molecule has 3 aliphatic rings. The van der Waals surface area contributed by atoms with Gasteiger partial charge >= 0.3 is 6.03 Å². The normalized spacial score (nSPS) is 27.3. The van der Waals surface area contributed by atoms with E-state index in [2.05, 4.69) is 10.6 Å². The number of nitrogens with one attached hydrogen (secondary N) is 2. The lowest BCUT2D eigenvalue weighted by Gasteiger charge is -2.22. The topological polar surface area (TPSA) is 95.6 Å². The second kappa shape index (κ2) is 4.86. The van der Waals surface area contributed by atoms with Gasteiger partial charge in [-0.15, -0.1) is 0 Å². The number of sulfone groups is 1. The molecule has 0 bridgehead atoms. The Morgan fingerprint density at radius 3 is 2.24 bits per heavy atom. The Hall–Kier alpha value is -1.31. The molecule has 7 nitrogen and oxygen atoms in total. The highest BCUT2D eigenvalue weighted by Gasteiger charge is 2.60. The van der Waals surface area contributed by atoms with Crippen LogP contribution < -0.4 is 10.6 Å². The summed E-state index contributed by atoms with van der Waals surface area (Å²) in [6.07, 6.45) is 4.69. The van der Waals surface area contributed by atoms with Gasteiger partial charge < -0.3 is 15.5 Å². The maximum atomic E-state index is 12.4. The molecule has 0 aromatic rings. The van der Waals surface area contributed by atoms with Crippen molar-refractivity contribution in [2.75, 3.05) is 19.3 Å². The molecule has 3 fully saturated rings. The molecule has 8 heteroatoms. The molecule has 1 heterocycles. The molecule has 0 radical (unpaired) electrons. The van der Waals surface area contributed by atoms with Crippen molar-refractivity contribution in [1.82, 2.24) is 15.5 Å². The first-order valence-electron chi connectivity index (χ1n) is 7.38. The summed E-state index contributed by atoms with van der Waals surface area (Å²) >= 11 is 0. The number of urea groups is 1. The van der Waals surface area contributed by atoms with Crippen molar-refractivity contribution in [2.24, 2.45) is 0 Å². The first-order chi connectivity index (χ1) is 9.82. The van der Waals surface area contributed by atoms with Crippen LogP contribution in [0.25, 0.3) is 0 Å². The first kappa shape index (κ1) is 14.6. The molecule has 0 spiro atoms. The maximum Gasteiger partial charge on any atom is 0.315 e. The molecule has 21 heavy (non-hydrogen) atoms. The average Bonchev–Trinajstić information content (AvgIpc) is 3.27. The zero-order valence-electron chi connectivity index (χ0n) is 12.1. The lowest BCUT2D eigenvalue weighted by atomic mass is 10.3. The van der Waals surface area contributed by atoms with Gasteiger partial charge in [0.05, 0.1) is 0 Å². The lowest BCUT2D eigenvalue weighted by Crippen LogP contribution is -2.47. The van der Waals surface area contributed by atoms with Crippen LogP contribution in [0.5, 0.6) is 0 Å². The third kappa shape index (κ3) is 2.86. The number of carbonyl (C=O) groups is 2.